The third kappa shape index (κ3) is 15.1. The first-order valence-corrected chi connectivity index (χ1v) is 22.6. The number of aromatic nitrogens is 4. The number of phosphoric ester groups is 3. The summed E-state index contributed by atoms with van der Waals surface area (Å²) in [6.07, 6.45) is -2.45. The van der Waals surface area contributed by atoms with Crippen molar-refractivity contribution in [1.82, 2.24) is 30.2 Å². The lowest BCUT2D eigenvalue weighted by atomic mass is 9.87. The summed E-state index contributed by atoms with van der Waals surface area (Å²) >= 11 is 1.13. The predicted molar refractivity (Wildman–Crippen MR) is 196 cm³/mol. The fourth-order valence-corrected chi connectivity index (χ4v) is 8.61. The SMILES string of the molecule is CCCCCCC(=O)SCCNC(=O)CCNC(=O)C(O)C(C)(C)COP(=O)(O)OP(=O)(O)OCC1OC(n2cnc3c(N)ncnc32)C(O)C1OP(=O)(O)O. The van der Waals surface area contributed by atoms with Gasteiger partial charge in [-0.2, -0.15) is 4.31 Å². The van der Waals surface area contributed by atoms with Gasteiger partial charge in [-0.05, 0) is 6.42 Å². The molecule has 318 valence electrons. The second kappa shape index (κ2) is 21.0. The third-order valence-corrected chi connectivity index (χ3v) is 12.0. The number of fused-ring (bicyclic) bond motifs is 1. The number of imidazole rings is 1. The second-order valence-corrected chi connectivity index (χ2v) is 18.5. The van der Waals surface area contributed by atoms with Crippen LogP contribution in [0, 0.1) is 5.41 Å². The Morgan fingerprint density at radius 1 is 1.02 bits per heavy atom. The zero-order valence-corrected chi connectivity index (χ0v) is 34.1. The summed E-state index contributed by atoms with van der Waals surface area (Å²) in [6, 6.07) is 0. The summed E-state index contributed by atoms with van der Waals surface area (Å²) in [4.78, 5) is 87.5. The van der Waals surface area contributed by atoms with Crippen LogP contribution in [0.2, 0.25) is 0 Å². The molecule has 0 radical (unpaired) electrons. The molecule has 0 saturated carbocycles. The van der Waals surface area contributed by atoms with E-state index in [1.165, 1.54) is 13.8 Å². The number of aliphatic hydroxyl groups is 2. The van der Waals surface area contributed by atoms with Gasteiger partial charge in [0.05, 0.1) is 19.5 Å². The topological polar surface area (TPSA) is 364 Å². The maximum Gasteiger partial charge on any atom is 0.481 e. The van der Waals surface area contributed by atoms with Gasteiger partial charge in [-0.25, -0.2) is 28.6 Å². The van der Waals surface area contributed by atoms with Crippen LogP contribution in [0.15, 0.2) is 12.7 Å². The number of nitrogens with zero attached hydrogens (tertiary/aromatic N) is 4. The number of nitrogens with one attached hydrogen (secondary N) is 2. The van der Waals surface area contributed by atoms with Crippen LogP contribution in [0.1, 0.15) is 65.5 Å². The maximum atomic E-state index is 12.7. The van der Waals surface area contributed by atoms with Gasteiger partial charge in [0.25, 0.3) is 0 Å². The van der Waals surface area contributed by atoms with E-state index in [4.69, 9.17) is 19.5 Å². The molecule has 1 saturated heterocycles. The summed E-state index contributed by atoms with van der Waals surface area (Å²) in [7, 11) is -16.4. The number of anilines is 1. The van der Waals surface area contributed by atoms with Crippen LogP contribution in [0.25, 0.3) is 11.2 Å². The molecule has 0 spiro atoms. The zero-order chi connectivity index (χ0) is 41.9. The van der Waals surface area contributed by atoms with Gasteiger partial charge >= 0.3 is 23.5 Å². The van der Waals surface area contributed by atoms with Gasteiger partial charge in [-0.15, -0.1) is 0 Å². The monoisotopic (exact) mass is 879 g/mol. The molecule has 2 aromatic heterocycles. The maximum absolute atomic E-state index is 12.7. The molecule has 1 aliphatic rings. The summed E-state index contributed by atoms with van der Waals surface area (Å²) in [6.45, 7) is 2.64. The van der Waals surface area contributed by atoms with Crippen molar-refractivity contribution in [3.63, 3.8) is 0 Å². The lowest BCUT2D eigenvalue weighted by Gasteiger charge is -2.30. The highest BCUT2D eigenvalue weighted by molar-refractivity contribution is 8.13. The van der Waals surface area contributed by atoms with Crippen molar-refractivity contribution >= 4 is 69.1 Å². The van der Waals surface area contributed by atoms with Crippen molar-refractivity contribution in [3.8, 4) is 0 Å². The van der Waals surface area contributed by atoms with Crippen molar-refractivity contribution in [1.29, 1.82) is 0 Å². The Labute approximate surface area is 325 Å². The lowest BCUT2D eigenvalue weighted by Crippen LogP contribution is -2.46. The molecular formula is C28H48N7O17P3S. The number of aliphatic hydroxyl groups excluding tert-OH is 2. The predicted octanol–water partition coefficient (Wildman–Crippen LogP) is 0.635. The number of carbonyl (C=O) groups is 3. The molecule has 7 atom stereocenters. The number of hydrogen-bond acceptors (Lipinski definition) is 18. The molecule has 0 aliphatic carbocycles. The quantitative estimate of drug-likeness (QED) is 0.0516. The van der Waals surface area contributed by atoms with Crippen molar-refractivity contribution in [3.05, 3.63) is 12.7 Å². The van der Waals surface area contributed by atoms with Crippen LogP contribution in [0.5, 0.6) is 0 Å². The highest BCUT2D eigenvalue weighted by atomic mass is 32.2. The standard InChI is InChI=1S/C28H48N7O17P3S/c1-4-5-6-7-8-19(37)56-12-11-30-18(36)9-10-31-26(40)23(39)28(2,3)14-49-55(46,47)52-54(44,45)48-13-17-22(51-53(41,42)43)21(38)27(50-17)35-16-34-20-24(29)32-15-33-25(20)35/h15-17,21-23,27,38-39H,4-14H2,1-3H3,(H,30,36)(H,31,40)(H,44,45)(H,46,47)(H2,29,32,33)(H2,41,42,43). The number of thioether (sulfide) groups is 1. The van der Waals surface area contributed by atoms with Crippen LogP contribution in [0.4, 0.5) is 5.82 Å². The Balaban J connectivity index is 1.47. The van der Waals surface area contributed by atoms with Crippen molar-refractivity contribution in [2.24, 2.45) is 5.41 Å². The minimum atomic E-state index is -5.56. The van der Waals surface area contributed by atoms with Gasteiger partial charge in [0.15, 0.2) is 22.8 Å². The highest BCUT2D eigenvalue weighted by Crippen LogP contribution is 2.61. The molecule has 3 heterocycles. The summed E-state index contributed by atoms with van der Waals surface area (Å²) in [5.74, 6) is -1.04. The first-order chi connectivity index (χ1) is 26.1. The largest absolute Gasteiger partial charge is 0.481 e. The van der Waals surface area contributed by atoms with Gasteiger partial charge < -0.3 is 50.9 Å². The first-order valence-electron chi connectivity index (χ1n) is 17.1. The molecule has 7 unspecified atom stereocenters. The number of unbranched alkanes of at least 4 members (excludes halogenated alkanes) is 3. The molecule has 0 bridgehead atoms. The van der Waals surface area contributed by atoms with Gasteiger partial charge in [0.2, 0.25) is 11.8 Å². The molecule has 1 aliphatic heterocycles. The molecule has 2 aromatic rings. The van der Waals surface area contributed by atoms with E-state index < -0.39 is 84.6 Å². The Morgan fingerprint density at radius 3 is 2.39 bits per heavy atom. The Bertz CT molecular complexity index is 1800. The molecule has 1 fully saturated rings. The van der Waals surface area contributed by atoms with Crippen LogP contribution in [-0.2, 0) is 50.7 Å². The number of ether oxygens (including phenoxy) is 1. The van der Waals surface area contributed by atoms with Gasteiger partial charge in [0.1, 0.15) is 36.3 Å². The molecule has 10 N–H and O–H groups in total. The number of rotatable bonds is 24. The van der Waals surface area contributed by atoms with Crippen LogP contribution < -0.4 is 16.4 Å². The molecule has 0 aromatic carbocycles. The van der Waals surface area contributed by atoms with E-state index in [2.05, 4.69) is 41.3 Å². The van der Waals surface area contributed by atoms with Gasteiger partial charge in [-0.3, -0.25) is 32.5 Å². The smallest absolute Gasteiger partial charge is 0.386 e. The molecule has 24 nitrogen and oxygen atoms in total. The average molecular weight is 880 g/mol. The van der Waals surface area contributed by atoms with Gasteiger partial charge in [-0.1, -0.05) is 51.8 Å². The number of carbonyl (C=O) groups excluding carboxylic acids is 3. The zero-order valence-electron chi connectivity index (χ0n) is 30.6. The lowest BCUT2D eigenvalue weighted by molar-refractivity contribution is -0.137. The van der Waals surface area contributed by atoms with Crippen LogP contribution >= 0.6 is 35.2 Å². The number of hydrogen-bond donors (Lipinski definition) is 9. The van der Waals surface area contributed by atoms with Crippen molar-refractivity contribution in [2.45, 2.75) is 89.9 Å². The fraction of sp³-hybridized carbons (Fsp3) is 0.714. The van der Waals surface area contributed by atoms with Crippen LogP contribution in [-0.4, -0.2) is 123 Å². The fourth-order valence-electron chi connectivity index (χ4n) is 5.06. The van der Waals surface area contributed by atoms with E-state index >= 15 is 0 Å². The molecule has 3 rings (SSSR count). The van der Waals surface area contributed by atoms with Crippen molar-refractivity contribution < 1.29 is 80.5 Å². The minimum Gasteiger partial charge on any atom is -0.386 e. The van der Waals surface area contributed by atoms with E-state index in [1.54, 1.807) is 0 Å². The first kappa shape index (κ1) is 47.9. The molecular weight excluding hydrogens is 831 g/mol. The van der Waals surface area contributed by atoms with E-state index in [0.29, 0.717) is 12.2 Å². The number of nitrogens with two attached hydrogens (primary N) is 1. The van der Waals surface area contributed by atoms with E-state index in [0.717, 1.165) is 54.7 Å². The van der Waals surface area contributed by atoms with Crippen LogP contribution in [0.3, 0.4) is 0 Å². The average Bonchev–Trinajstić information content (AvgIpc) is 3.66. The molecule has 56 heavy (non-hydrogen) atoms. The van der Waals surface area contributed by atoms with Gasteiger partial charge in [0, 0.05) is 37.1 Å². The number of amides is 2. The van der Waals surface area contributed by atoms with E-state index in [1.807, 2.05) is 0 Å². The molecule has 28 heteroatoms. The van der Waals surface area contributed by atoms with Crippen molar-refractivity contribution in [2.75, 3.05) is 37.8 Å². The Morgan fingerprint density at radius 2 is 1.71 bits per heavy atom. The highest BCUT2D eigenvalue weighted by Gasteiger charge is 2.50. The summed E-state index contributed by atoms with van der Waals surface area (Å²) in [5, 5.41) is 26.4. The third-order valence-electron chi connectivity index (χ3n) is 8.00. The minimum absolute atomic E-state index is 0.0323. The Hall–Kier alpha value is -2.44. The normalized spacial score (nSPS) is 21.7. The Kier molecular flexibility index (Phi) is 18.0. The van der Waals surface area contributed by atoms with E-state index in [9.17, 15) is 57.9 Å². The number of nitrogen functional groups attached to an aromatic ring is 1. The summed E-state index contributed by atoms with van der Waals surface area (Å²) in [5.41, 5.74) is 4.27. The molecule has 2 amide bonds. The number of phosphoric acid groups is 3. The second-order valence-electron chi connectivity index (χ2n) is 13.1. The summed E-state index contributed by atoms with van der Waals surface area (Å²) < 4.78 is 62.1. The van der Waals surface area contributed by atoms with E-state index in [-0.39, 0.29) is 41.6 Å².